The van der Waals surface area contributed by atoms with Gasteiger partial charge in [0, 0.05) is 29.9 Å². The van der Waals surface area contributed by atoms with Crippen LogP contribution < -0.4 is 5.32 Å². The Morgan fingerprint density at radius 3 is 2.86 bits per heavy atom. The zero-order valence-corrected chi connectivity index (χ0v) is 9.78. The van der Waals surface area contributed by atoms with Crippen LogP contribution >= 0.6 is 11.8 Å². The Morgan fingerprint density at radius 1 is 1.50 bits per heavy atom. The number of aliphatic hydroxyl groups is 1. The van der Waals surface area contributed by atoms with Crippen LogP contribution in [0, 0.1) is 5.41 Å². The molecule has 0 aromatic rings. The quantitative estimate of drug-likeness (QED) is 0.747. The van der Waals surface area contributed by atoms with E-state index in [0.29, 0.717) is 12.6 Å². The fourth-order valence-corrected chi connectivity index (χ4v) is 3.28. The third kappa shape index (κ3) is 2.44. The molecule has 0 spiro atoms. The van der Waals surface area contributed by atoms with Crippen molar-refractivity contribution in [3.05, 3.63) is 0 Å². The van der Waals surface area contributed by atoms with Gasteiger partial charge in [-0.25, -0.2) is 0 Å². The van der Waals surface area contributed by atoms with E-state index in [9.17, 15) is 5.11 Å². The Hall–Kier alpha value is 0.270. The molecule has 0 aromatic carbocycles. The van der Waals surface area contributed by atoms with E-state index >= 15 is 0 Å². The predicted octanol–water partition coefficient (Wildman–Crippen LogP) is 1.63. The molecule has 0 radical (unpaired) electrons. The van der Waals surface area contributed by atoms with Crippen molar-refractivity contribution in [1.82, 2.24) is 5.32 Å². The molecule has 2 rings (SSSR count). The third-order valence-corrected chi connectivity index (χ3v) is 5.02. The monoisotopic (exact) mass is 215 g/mol. The second kappa shape index (κ2) is 4.42. The average Bonchev–Trinajstić information content (AvgIpc) is 2.98. The standard InChI is InChI=1S/C11H21NOS/c1-9-10(3-2-6-14-9)12-7-11(8-13)4-5-11/h9-10,12-13H,2-8H2,1H3. The molecular formula is C11H21NOS. The largest absolute Gasteiger partial charge is 0.396 e. The number of hydrogen-bond donors (Lipinski definition) is 2. The van der Waals surface area contributed by atoms with E-state index < -0.39 is 0 Å². The fraction of sp³-hybridized carbons (Fsp3) is 1.00. The van der Waals surface area contributed by atoms with E-state index in [2.05, 4.69) is 24.0 Å². The Morgan fingerprint density at radius 2 is 2.29 bits per heavy atom. The maximum Gasteiger partial charge on any atom is 0.0499 e. The van der Waals surface area contributed by atoms with Crippen molar-refractivity contribution in [3.63, 3.8) is 0 Å². The molecule has 3 heteroatoms. The molecule has 0 amide bonds. The number of aliphatic hydroxyl groups excluding tert-OH is 1. The van der Waals surface area contributed by atoms with E-state index in [1.807, 2.05) is 0 Å². The second-order valence-corrected chi connectivity index (χ2v) is 6.35. The van der Waals surface area contributed by atoms with Gasteiger partial charge in [0.2, 0.25) is 0 Å². The highest BCUT2D eigenvalue weighted by Gasteiger charge is 2.42. The molecule has 1 saturated carbocycles. The van der Waals surface area contributed by atoms with Gasteiger partial charge >= 0.3 is 0 Å². The first-order chi connectivity index (χ1) is 6.76. The molecule has 2 fully saturated rings. The molecule has 2 N–H and O–H groups in total. The third-order valence-electron chi connectivity index (χ3n) is 3.64. The number of hydrogen-bond acceptors (Lipinski definition) is 3. The van der Waals surface area contributed by atoms with E-state index in [1.54, 1.807) is 0 Å². The van der Waals surface area contributed by atoms with E-state index in [4.69, 9.17) is 0 Å². The zero-order valence-electron chi connectivity index (χ0n) is 8.96. The summed E-state index contributed by atoms with van der Waals surface area (Å²) in [7, 11) is 0. The van der Waals surface area contributed by atoms with Crippen LogP contribution in [0.5, 0.6) is 0 Å². The zero-order chi connectivity index (χ0) is 10.0. The molecule has 1 heterocycles. The molecule has 2 nitrogen and oxygen atoms in total. The molecule has 82 valence electrons. The maximum absolute atomic E-state index is 9.21. The Bertz CT molecular complexity index is 194. The summed E-state index contributed by atoms with van der Waals surface area (Å²) in [5.74, 6) is 1.32. The lowest BCUT2D eigenvalue weighted by Gasteiger charge is -2.30. The maximum atomic E-state index is 9.21. The van der Waals surface area contributed by atoms with Gasteiger partial charge in [0.15, 0.2) is 0 Å². The van der Waals surface area contributed by atoms with Crippen LogP contribution in [0.15, 0.2) is 0 Å². The van der Waals surface area contributed by atoms with Crippen molar-refractivity contribution in [1.29, 1.82) is 0 Å². The van der Waals surface area contributed by atoms with Gasteiger partial charge in [-0.1, -0.05) is 6.92 Å². The van der Waals surface area contributed by atoms with Crippen LogP contribution in [0.3, 0.4) is 0 Å². The summed E-state index contributed by atoms with van der Waals surface area (Å²) in [6, 6.07) is 0.678. The van der Waals surface area contributed by atoms with Gasteiger partial charge in [-0.2, -0.15) is 11.8 Å². The van der Waals surface area contributed by atoms with Gasteiger partial charge in [-0.05, 0) is 31.4 Å². The summed E-state index contributed by atoms with van der Waals surface area (Å²) in [6.45, 7) is 3.72. The number of thioether (sulfide) groups is 1. The van der Waals surface area contributed by atoms with Crippen LogP contribution in [-0.2, 0) is 0 Å². The minimum absolute atomic E-state index is 0.266. The van der Waals surface area contributed by atoms with Gasteiger partial charge in [0.05, 0.1) is 0 Å². The van der Waals surface area contributed by atoms with E-state index in [1.165, 1.54) is 31.4 Å². The summed E-state index contributed by atoms with van der Waals surface area (Å²) >= 11 is 2.08. The lowest BCUT2D eigenvalue weighted by Crippen LogP contribution is -2.42. The van der Waals surface area contributed by atoms with Crippen molar-refractivity contribution >= 4 is 11.8 Å². The predicted molar refractivity (Wildman–Crippen MR) is 61.7 cm³/mol. The van der Waals surface area contributed by atoms with E-state index in [-0.39, 0.29) is 5.41 Å². The minimum Gasteiger partial charge on any atom is -0.396 e. The fourth-order valence-electron chi connectivity index (χ4n) is 2.11. The van der Waals surface area contributed by atoms with Gasteiger partial charge in [0.25, 0.3) is 0 Å². The van der Waals surface area contributed by atoms with Crippen molar-refractivity contribution in [2.24, 2.45) is 5.41 Å². The molecule has 2 aliphatic rings. The molecule has 1 aliphatic carbocycles. The smallest absolute Gasteiger partial charge is 0.0499 e. The Kier molecular flexibility index (Phi) is 3.40. The van der Waals surface area contributed by atoms with Crippen molar-refractivity contribution in [3.8, 4) is 0 Å². The van der Waals surface area contributed by atoms with Gasteiger partial charge in [0.1, 0.15) is 0 Å². The summed E-state index contributed by atoms with van der Waals surface area (Å²) < 4.78 is 0. The molecule has 1 saturated heterocycles. The first-order valence-corrected chi connectivity index (χ1v) is 6.76. The van der Waals surface area contributed by atoms with Crippen LogP contribution in [0.1, 0.15) is 32.6 Å². The number of rotatable bonds is 4. The molecule has 1 aliphatic heterocycles. The molecule has 2 unspecified atom stereocenters. The van der Waals surface area contributed by atoms with E-state index in [0.717, 1.165) is 11.8 Å². The van der Waals surface area contributed by atoms with Crippen molar-refractivity contribution in [2.45, 2.75) is 43.9 Å². The SMILES string of the molecule is CC1SCCCC1NCC1(CO)CC1. The van der Waals surface area contributed by atoms with Gasteiger partial charge in [-0.3, -0.25) is 0 Å². The highest BCUT2D eigenvalue weighted by molar-refractivity contribution is 7.99. The molecule has 0 bridgehead atoms. The summed E-state index contributed by atoms with van der Waals surface area (Å²) in [5, 5.41) is 13.6. The van der Waals surface area contributed by atoms with Crippen LogP contribution in [0.25, 0.3) is 0 Å². The van der Waals surface area contributed by atoms with Crippen molar-refractivity contribution < 1.29 is 5.11 Å². The topological polar surface area (TPSA) is 32.3 Å². The molecular weight excluding hydrogens is 194 g/mol. The first-order valence-electron chi connectivity index (χ1n) is 5.72. The van der Waals surface area contributed by atoms with Gasteiger partial charge in [-0.15, -0.1) is 0 Å². The molecule has 14 heavy (non-hydrogen) atoms. The van der Waals surface area contributed by atoms with Crippen molar-refractivity contribution in [2.75, 3.05) is 18.9 Å². The summed E-state index contributed by atoms with van der Waals surface area (Å²) in [4.78, 5) is 0. The lowest BCUT2D eigenvalue weighted by molar-refractivity contribution is 0.202. The van der Waals surface area contributed by atoms with Crippen LogP contribution in [0.2, 0.25) is 0 Å². The minimum atomic E-state index is 0.266. The highest BCUT2D eigenvalue weighted by Crippen LogP contribution is 2.44. The average molecular weight is 215 g/mol. The molecule has 0 aromatic heterocycles. The summed E-state index contributed by atoms with van der Waals surface area (Å²) in [5.41, 5.74) is 0.266. The Labute approximate surface area is 90.8 Å². The normalized spacial score (nSPS) is 35.6. The molecule has 2 atom stereocenters. The first kappa shape index (κ1) is 10.8. The van der Waals surface area contributed by atoms with Gasteiger partial charge < -0.3 is 10.4 Å². The van der Waals surface area contributed by atoms with Crippen LogP contribution in [-0.4, -0.2) is 35.3 Å². The highest BCUT2D eigenvalue weighted by atomic mass is 32.2. The lowest BCUT2D eigenvalue weighted by atomic mass is 10.1. The van der Waals surface area contributed by atoms with Crippen LogP contribution in [0.4, 0.5) is 0 Å². The number of nitrogens with one attached hydrogen (secondary N) is 1. The second-order valence-electron chi connectivity index (χ2n) is 4.86. The Balaban J connectivity index is 1.73. The summed E-state index contributed by atoms with van der Waals surface area (Å²) in [6.07, 6.45) is 5.09.